The number of likely N-dealkylation sites (N-methyl/N-ethyl adjacent to an activating group) is 1. The molecule has 0 radical (unpaired) electrons. The largest absolute Gasteiger partial charge is 0.493 e. The molecule has 2 N–H and O–H groups in total. The van der Waals surface area contributed by atoms with E-state index in [4.69, 9.17) is 9.47 Å². The summed E-state index contributed by atoms with van der Waals surface area (Å²) in [6.45, 7) is 6.69. The summed E-state index contributed by atoms with van der Waals surface area (Å²) in [4.78, 5) is 17.6. The van der Waals surface area contributed by atoms with Crippen LogP contribution >= 0.6 is 12.4 Å². The number of ether oxygens (including phenoxy) is 2. The van der Waals surface area contributed by atoms with Gasteiger partial charge in [-0.15, -0.1) is 12.4 Å². The number of nitro benzene ring substituents is 1. The number of nitro groups is 1. The molecule has 0 spiro atoms. The van der Waals surface area contributed by atoms with Gasteiger partial charge in [0.05, 0.1) is 42.0 Å². The number of aliphatic hydroxyl groups is 1. The first-order chi connectivity index (χ1) is 14.9. The number of halogens is 1. The van der Waals surface area contributed by atoms with Gasteiger partial charge in [-0.25, -0.2) is 4.98 Å². The third kappa shape index (κ3) is 5.29. The lowest BCUT2D eigenvalue weighted by molar-refractivity contribution is -0.384. The Labute approximate surface area is 192 Å². The molecule has 3 rings (SSSR count). The van der Waals surface area contributed by atoms with Gasteiger partial charge in [0.1, 0.15) is 0 Å². The van der Waals surface area contributed by atoms with Gasteiger partial charge in [-0.2, -0.15) is 0 Å². The van der Waals surface area contributed by atoms with Crippen LogP contribution in [0.3, 0.4) is 0 Å². The number of rotatable bonds is 10. The highest BCUT2D eigenvalue weighted by molar-refractivity contribution is 6.08. The van der Waals surface area contributed by atoms with Crippen molar-refractivity contribution in [3.63, 3.8) is 0 Å². The molecule has 1 atom stereocenters. The first-order valence-corrected chi connectivity index (χ1v) is 10.2. The normalized spacial score (nSPS) is 11.9. The maximum atomic E-state index is 11.2. The lowest BCUT2D eigenvalue weighted by Crippen LogP contribution is -2.36. The molecule has 0 aliphatic heterocycles. The van der Waals surface area contributed by atoms with Crippen molar-refractivity contribution < 1.29 is 19.5 Å². The van der Waals surface area contributed by atoms with E-state index in [1.54, 1.807) is 19.2 Å². The topological polar surface area (TPSA) is 110 Å². The van der Waals surface area contributed by atoms with E-state index in [1.807, 2.05) is 6.07 Å². The Morgan fingerprint density at radius 2 is 1.72 bits per heavy atom. The minimum absolute atomic E-state index is 0. The van der Waals surface area contributed by atoms with E-state index in [2.05, 4.69) is 29.0 Å². The number of anilines is 1. The van der Waals surface area contributed by atoms with E-state index < -0.39 is 11.0 Å². The monoisotopic (exact) mass is 464 g/mol. The predicted octanol–water partition coefficient (Wildman–Crippen LogP) is 3.85. The minimum Gasteiger partial charge on any atom is -0.493 e. The van der Waals surface area contributed by atoms with Crippen LogP contribution in [0.25, 0.3) is 21.8 Å². The Kier molecular flexibility index (Phi) is 8.82. The molecule has 0 fully saturated rings. The van der Waals surface area contributed by atoms with Crippen LogP contribution in [-0.2, 0) is 0 Å². The van der Waals surface area contributed by atoms with Crippen LogP contribution in [0.2, 0.25) is 0 Å². The van der Waals surface area contributed by atoms with Crippen LogP contribution in [0, 0.1) is 10.1 Å². The highest BCUT2D eigenvalue weighted by Gasteiger charge is 2.17. The molecule has 9 nitrogen and oxygen atoms in total. The number of aliphatic hydroxyl groups excluding tert-OH is 1. The summed E-state index contributed by atoms with van der Waals surface area (Å²) in [5, 5.41) is 26.6. The maximum Gasteiger partial charge on any atom is 0.271 e. The predicted molar refractivity (Wildman–Crippen MR) is 129 cm³/mol. The first-order valence-electron chi connectivity index (χ1n) is 10.2. The fourth-order valence-electron chi connectivity index (χ4n) is 3.63. The van der Waals surface area contributed by atoms with Gasteiger partial charge in [0.25, 0.3) is 5.69 Å². The number of hydrogen-bond donors (Lipinski definition) is 2. The number of pyridine rings is 1. The summed E-state index contributed by atoms with van der Waals surface area (Å²) in [5.41, 5.74) is 1.78. The fourth-order valence-corrected chi connectivity index (χ4v) is 3.63. The van der Waals surface area contributed by atoms with Crippen molar-refractivity contribution in [2.45, 2.75) is 20.0 Å². The molecular formula is C22H29ClN4O5. The van der Waals surface area contributed by atoms with E-state index in [0.29, 0.717) is 35.6 Å². The highest BCUT2D eigenvalue weighted by atomic mass is 35.5. The van der Waals surface area contributed by atoms with Crippen molar-refractivity contribution in [1.29, 1.82) is 0 Å². The molecule has 0 bridgehead atoms. The highest BCUT2D eigenvalue weighted by Crippen LogP contribution is 2.38. The second-order valence-electron chi connectivity index (χ2n) is 7.19. The number of hydrogen-bond acceptors (Lipinski definition) is 8. The van der Waals surface area contributed by atoms with E-state index >= 15 is 0 Å². The number of nitrogens with one attached hydrogen (secondary N) is 1. The number of fused-ring (bicyclic) bond motifs is 2. The Hall–Kier alpha value is -2.88. The summed E-state index contributed by atoms with van der Waals surface area (Å²) in [5.74, 6) is 1.06. The Morgan fingerprint density at radius 3 is 2.31 bits per heavy atom. The summed E-state index contributed by atoms with van der Waals surface area (Å²) in [6.07, 6.45) is -0.587. The van der Waals surface area contributed by atoms with Crippen LogP contribution in [0.1, 0.15) is 13.8 Å². The molecule has 1 unspecified atom stereocenters. The summed E-state index contributed by atoms with van der Waals surface area (Å²) in [7, 11) is 3.10. The molecule has 0 aliphatic carbocycles. The summed E-state index contributed by atoms with van der Waals surface area (Å²) < 4.78 is 10.8. The third-order valence-electron chi connectivity index (χ3n) is 5.35. The molecule has 1 aromatic heterocycles. The molecule has 32 heavy (non-hydrogen) atoms. The number of methoxy groups -OCH3 is 2. The van der Waals surface area contributed by atoms with Crippen LogP contribution in [-0.4, -0.2) is 66.4 Å². The van der Waals surface area contributed by atoms with Crippen LogP contribution in [0.15, 0.2) is 30.3 Å². The fraction of sp³-hybridized carbons (Fsp3) is 0.409. The lowest BCUT2D eigenvalue weighted by atomic mass is 10.1. The molecular weight excluding hydrogens is 436 g/mol. The first kappa shape index (κ1) is 25.4. The standard InChI is InChI=1S/C22H28N4O5.ClH/c1-5-25(6-2)13-15(27)12-23-22-16-8-7-14(26(28)29)9-18(16)24-19-11-21(31-4)20(30-3)10-17(19)22;/h7-11,15,27H,5-6,12-13H2,1-4H3,(H,23,24);1H. The zero-order chi connectivity index (χ0) is 22.5. The quantitative estimate of drug-likeness (QED) is 0.264. The molecule has 174 valence electrons. The van der Waals surface area contributed by atoms with Gasteiger partial charge in [-0.1, -0.05) is 13.8 Å². The lowest BCUT2D eigenvalue weighted by Gasteiger charge is -2.23. The number of aromatic nitrogens is 1. The van der Waals surface area contributed by atoms with Crippen molar-refractivity contribution in [1.82, 2.24) is 9.88 Å². The van der Waals surface area contributed by atoms with Gasteiger partial charge in [0.2, 0.25) is 0 Å². The maximum absolute atomic E-state index is 11.2. The van der Waals surface area contributed by atoms with Crippen LogP contribution in [0.4, 0.5) is 11.4 Å². The zero-order valence-electron chi connectivity index (χ0n) is 18.6. The van der Waals surface area contributed by atoms with E-state index in [0.717, 1.165) is 29.5 Å². The average Bonchev–Trinajstić information content (AvgIpc) is 2.78. The Balaban J connectivity index is 0.00000363. The average molecular weight is 465 g/mol. The van der Waals surface area contributed by atoms with E-state index in [1.165, 1.54) is 19.2 Å². The molecule has 0 saturated heterocycles. The van der Waals surface area contributed by atoms with Crippen LogP contribution < -0.4 is 14.8 Å². The van der Waals surface area contributed by atoms with E-state index in [-0.39, 0.29) is 18.1 Å². The number of nitrogens with zero attached hydrogens (tertiary/aromatic N) is 3. The molecule has 3 aromatic rings. The Bertz CT molecular complexity index is 1090. The second kappa shape index (κ2) is 11.1. The van der Waals surface area contributed by atoms with Gasteiger partial charge in [-0.05, 0) is 25.2 Å². The van der Waals surface area contributed by atoms with Gasteiger partial charge in [0.15, 0.2) is 11.5 Å². The van der Waals surface area contributed by atoms with Gasteiger partial charge >= 0.3 is 0 Å². The van der Waals surface area contributed by atoms with Gasteiger partial charge in [0, 0.05) is 42.1 Å². The third-order valence-corrected chi connectivity index (χ3v) is 5.35. The van der Waals surface area contributed by atoms with Crippen molar-refractivity contribution in [2.24, 2.45) is 0 Å². The molecule has 1 heterocycles. The number of non-ortho nitro benzene ring substituents is 1. The van der Waals surface area contributed by atoms with Crippen molar-refractivity contribution in [3.8, 4) is 11.5 Å². The SMILES string of the molecule is CCN(CC)CC(O)CNc1c2ccc([N+](=O)[O-])cc2nc2cc(OC)c(OC)cc12.Cl. The smallest absolute Gasteiger partial charge is 0.271 e. The van der Waals surface area contributed by atoms with Crippen molar-refractivity contribution in [3.05, 3.63) is 40.4 Å². The van der Waals surface area contributed by atoms with Gasteiger partial charge < -0.3 is 24.8 Å². The molecule has 0 aliphatic rings. The number of benzene rings is 2. The molecule has 0 amide bonds. The van der Waals surface area contributed by atoms with Crippen LogP contribution in [0.5, 0.6) is 11.5 Å². The van der Waals surface area contributed by atoms with E-state index in [9.17, 15) is 15.2 Å². The summed E-state index contributed by atoms with van der Waals surface area (Å²) in [6, 6.07) is 8.14. The Morgan fingerprint density at radius 1 is 1.09 bits per heavy atom. The minimum atomic E-state index is -0.587. The summed E-state index contributed by atoms with van der Waals surface area (Å²) >= 11 is 0. The van der Waals surface area contributed by atoms with Crippen molar-refractivity contribution >= 4 is 45.6 Å². The van der Waals surface area contributed by atoms with Gasteiger partial charge in [-0.3, -0.25) is 10.1 Å². The zero-order valence-corrected chi connectivity index (χ0v) is 19.4. The molecule has 0 saturated carbocycles. The molecule has 2 aromatic carbocycles. The molecule has 10 heteroatoms. The van der Waals surface area contributed by atoms with Crippen molar-refractivity contribution in [2.75, 3.05) is 45.7 Å². The second-order valence-corrected chi connectivity index (χ2v) is 7.19.